The molecule has 0 aliphatic carbocycles. The molecule has 0 spiro atoms. The van der Waals surface area contributed by atoms with Crippen molar-refractivity contribution in [2.24, 2.45) is 5.92 Å². The average Bonchev–Trinajstić information content (AvgIpc) is 2.84. The average molecular weight is 362 g/mol. The van der Waals surface area contributed by atoms with Gasteiger partial charge in [-0.25, -0.2) is 0 Å². The van der Waals surface area contributed by atoms with Crippen molar-refractivity contribution in [3.63, 3.8) is 0 Å². The van der Waals surface area contributed by atoms with Crippen LogP contribution >= 0.6 is 23.2 Å². The Labute approximate surface area is 145 Å². The van der Waals surface area contributed by atoms with E-state index in [0.717, 1.165) is 5.56 Å². The zero-order valence-electron chi connectivity index (χ0n) is 13.1. The van der Waals surface area contributed by atoms with Gasteiger partial charge in [-0.15, -0.1) is 0 Å². The zero-order valence-corrected chi connectivity index (χ0v) is 14.6. The Morgan fingerprint density at radius 2 is 2.22 bits per heavy atom. The van der Waals surface area contributed by atoms with Gasteiger partial charge < -0.3 is 19.9 Å². The van der Waals surface area contributed by atoms with Crippen LogP contribution < -0.4 is 5.32 Å². The normalized spacial score (nSPS) is 25.5. The van der Waals surface area contributed by atoms with E-state index in [4.69, 9.17) is 32.7 Å². The van der Waals surface area contributed by atoms with Crippen molar-refractivity contribution in [2.45, 2.75) is 38.2 Å². The largest absolute Gasteiger partial charge is 0.480 e. The monoisotopic (exact) mass is 361 g/mol. The van der Waals surface area contributed by atoms with Crippen LogP contribution in [0.5, 0.6) is 0 Å². The molecule has 0 saturated carbocycles. The van der Waals surface area contributed by atoms with Gasteiger partial charge in [0, 0.05) is 6.42 Å². The second kappa shape index (κ2) is 8.31. The fourth-order valence-corrected chi connectivity index (χ4v) is 3.07. The molecule has 1 aromatic rings. The molecule has 0 aromatic heterocycles. The van der Waals surface area contributed by atoms with E-state index in [0.29, 0.717) is 29.5 Å². The number of hydrogen-bond donors (Lipinski definition) is 2. The lowest BCUT2D eigenvalue weighted by Gasteiger charge is -2.22. The summed E-state index contributed by atoms with van der Waals surface area (Å²) in [5.41, 5.74) is 1.03. The minimum Gasteiger partial charge on any atom is -0.480 e. The zero-order chi connectivity index (χ0) is 17.0. The molecule has 2 N–H and O–H groups in total. The molecule has 1 fully saturated rings. The highest BCUT2D eigenvalue weighted by atomic mass is 35.5. The summed E-state index contributed by atoms with van der Waals surface area (Å²) in [5, 5.41) is 13.0. The number of nitrogens with one attached hydrogen (secondary N) is 1. The maximum Gasteiger partial charge on any atom is 0.323 e. The maximum absolute atomic E-state index is 11.2. The van der Waals surface area contributed by atoms with E-state index >= 15 is 0 Å². The Morgan fingerprint density at radius 3 is 2.83 bits per heavy atom. The number of carbonyl (C=O) groups is 1. The van der Waals surface area contributed by atoms with Gasteiger partial charge in [-0.2, -0.15) is 0 Å². The summed E-state index contributed by atoms with van der Waals surface area (Å²) >= 11 is 11.9. The van der Waals surface area contributed by atoms with Crippen LogP contribution in [0.2, 0.25) is 10.0 Å². The molecule has 0 radical (unpaired) electrons. The van der Waals surface area contributed by atoms with Crippen molar-refractivity contribution >= 4 is 29.2 Å². The van der Waals surface area contributed by atoms with Gasteiger partial charge in [0.05, 0.1) is 22.8 Å². The van der Waals surface area contributed by atoms with E-state index in [2.05, 4.69) is 5.32 Å². The summed E-state index contributed by atoms with van der Waals surface area (Å²) in [7, 11) is 1.62. The van der Waals surface area contributed by atoms with Crippen molar-refractivity contribution in [1.82, 2.24) is 5.32 Å². The number of carboxylic acids is 1. The van der Waals surface area contributed by atoms with Crippen molar-refractivity contribution < 1.29 is 19.4 Å². The Kier molecular flexibility index (Phi) is 6.68. The molecular formula is C16H21Cl2NO4. The van der Waals surface area contributed by atoms with Gasteiger partial charge in [-0.1, -0.05) is 36.2 Å². The molecule has 23 heavy (non-hydrogen) atoms. The van der Waals surface area contributed by atoms with E-state index in [-0.39, 0.29) is 12.2 Å². The smallest absolute Gasteiger partial charge is 0.323 e. The van der Waals surface area contributed by atoms with E-state index in [9.17, 15) is 9.90 Å². The number of likely N-dealkylation sites (N-methyl/N-ethyl adjacent to an activating group) is 1. The van der Waals surface area contributed by atoms with E-state index < -0.39 is 18.1 Å². The minimum atomic E-state index is -0.916. The van der Waals surface area contributed by atoms with Crippen LogP contribution in [0.1, 0.15) is 18.9 Å². The highest BCUT2D eigenvalue weighted by Gasteiger charge is 2.40. The molecule has 1 heterocycles. The predicted octanol–water partition coefficient (Wildman–Crippen LogP) is 2.98. The van der Waals surface area contributed by atoms with E-state index in [1.54, 1.807) is 13.1 Å². The van der Waals surface area contributed by atoms with Crippen LogP contribution in [0, 0.1) is 5.92 Å². The molecule has 0 bridgehead atoms. The lowest BCUT2D eigenvalue weighted by atomic mass is 9.97. The second-order valence-electron chi connectivity index (χ2n) is 5.72. The minimum absolute atomic E-state index is 0.110. The number of halogens is 2. The van der Waals surface area contributed by atoms with Gasteiger partial charge in [-0.05, 0) is 37.1 Å². The van der Waals surface area contributed by atoms with E-state index in [1.165, 1.54) is 0 Å². The van der Waals surface area contributed by atoms with Crippen molar-refractivity contribution in [3.05, 3.63) is 33.8 Å². The van der Waals surface area contributed by atoms with Gasteiger partial charge in [-0.3, -0.25) is 4.79 Å². The molecule has 0 amide bonds. The Hall–Kier alpha value is -0.850. The summed E-state index contributed by atoms with van der Waals surface area (Å²) in [6.45, 7) is 2.44. The van der Waals surface area contributed by atoms with Crippen LogP contribution in [-0.2, 0) is 20.7 Å². The number of rotatable bonds is 7. The molecule has 7 heteroatoms. The maximum atomic E-state index is 11.2. The summed E-state index contributed by atoms with van der Waals surface area (Å²) in [4.78, 5) is 11.2. The number of hydrogen-bond acceptors (Lipinski definition) is 4. The third kappa shape index (κ3) is 4.81. The fraction of sp³-hybridized carbons (Fsp3) is 0.562. The first-order valence-corrected chi connectivity index (χ1v) is 8.29. The molecule has 128 valence electrons. The number of benzene rings is 1. The molecular weight excluding hydrogens is 341 g/mol. The molecule has 4 atom stereocenters. The third-order valence-electron chi connectivity index (χ3n) is 4.02. The summed E-state index contributed by atoms with van der Waals surface area (Å²) in [6.07, 6.45) is 0.585. The predicted molar refractivity (Wildman–Crippen MR) is 89.0 cm³/mol. The number of aliphatic carboxylic acids is 1. The SMILES string of the molecule is CN[C@@H](C(=O)O)[C@@H]1O[C@@H](OCCc2ccc(Cl)c(Cl)c2)C[C@H]1C. The Morgan fingerprint density at radius 1 is 1.48 bits per heavy atom. The highest BCUT2D eigenvalue weighted by Crippen LogP contribution is 2.29. The molecule has 5 nitrogen and oxygen atoms in total. The Balaban J connectivity index is 1.83. The second-order valence-corrected chi connectivity index (χ2v) is 6.53. The highest BCUT2D eigenvalue weighted by molar-refractivity contribution is 6.42. The molecule has 1 aromatic carbocycles. The third-order valence-corrected chi connectivity index (χ3v) is 4.76. The topological polar surface area (TPSA) is 67.8 Å². The van der Waals surface area contributed by atoms with Crippen molar-refractivity contribution in [3.8, 4) is 0 Å². The van der Waals surface area contributed by atoms with Crippen molar-refractivity contribution in [1.29, 1.82) is 0 Å². The van der Waals surface area contributed by atoms with Crippen LogP contribution in [0.3, 0.4) is 0 Å². The first-order valence-electron chi connectivity index (χ1n) is 7.53. The standard InChI is InChI=1S/C16H21Cl2NO4/c1-9-7-13(23-15(9)14(19-2)16(20)21)22-6-5-10-3-4-11(17)12(18)8-10/h3-4,8-9,13-15,19H,5-7H2,1-2H3,(H,20,21)/t9-,13-,14-,15-/m1/s1. The first kappa shape index (κ1) is 18.5. The first-order chi connectivity index (χ1) is 10.9. The van der Waals surface area contributed by atoms with Gasteiger partial charge in [0.2, 0.25) is 0 Å². The van der Waals surface area contributed by atoms with Crippen molar-refractivity contribution in [2.75, 3.05) is 13.7 Å². The van der Waals surface area contributed by atoms with Crippen LogP contribution in [0.4, 0.5) is 0 Å². The molecule has 2 rings (SSSR count). The summed E-state index contributed by atoms with van der Waals surface area (Å²) in [5.74, 6) is -0.806. The van der Waals surface area contributed by atoms with Gasteiger partial charge in [0.25, 0.3) is 0 Å². The molecule has 0 unspecified atom stereocenters. The van der Waals surface area contributed by atoms with Crippen LogP contribution in [0.15, 0.2) is 18.2 Å². The molecule has 1 saturated heterocycles. The van der Waals surface area contributed by atoms with Gasteiger partial charge >= 0.3 is 5.97 Å². The van der Waals surface area contributed by atoms with E-state index in [1.807, 2.05) is 19.1 Å². The van der Waals surface area contributed by atoms with Gasteiger partial charge in [0.1, 0.15) is 6.04 Å². The van der Waals surface area contributed by atoms with Gasteiger partial charge in [0.15, 0.2) is 6.29 Å². The number of carboxylic acid groups (broad SMARTS) is 1. The quantitative estimate of drug-likeness (QED) is 0.781. The molecule has 1 aliphatic rings. The number of ether oxygens (including phenoxy) is 2. The summed E-state index contributed by atoms with van der Waals surface area (Å²) in [6, 6.07) is 4.75. The molecule has 1 aliphatic heterocycles. The lowest BCUT2D eigenvalue weighted by molar-refractivity contribution is -0.157. The Bertz CT molecular complexity index is 555. The summed E-state index contributed by atoms with van der Waals surface area (Å²) < 4.78 is 11.5. The van der Waals surface area contributed by atoms with Crippen LogP contribution in [0.25, 0.3) is 0 Å². The van der Waals surface area contributed by atoms with Crippen LogP contribution in [-0.4, -0.2) is 43.2 Å². The fourth-order valence-electron chi connectivity index (χ4n) is 2.75. The lowest BCUT2D eigenvalue weighted by Crippen LogP contribution is -2.46.